The molecule has 0 saturated carbocycles. The van der Waals surface area contributed by atoms with Gasteiger partial charge >= 0.3 is 0 Å². The highest BCUT2D eigenvalue weighted by Crippen LogP contribution is 2.29. The molecule has 0 fully saturated rings. The first kappa shape index (κ1) is 23.2. The number of aryl methyl sites for hydroxylation is 3. The van der Waals surface area contributed by atoms with E-state index >= 15 is 0 Å². The van der Waals surface area contributed by atoms with E-state index in [9.17, 15) is 9.18 Å². The van der Waals surface area contributed by atoms with Crippen molar-refractivity contribution < 1.29 is 9.18 Å². The summed E-state index contributed by atoms with van der Waals surface area (Å²) in [6.07, 6.45) is 3.99. The summed E-state index contributed by atoms with van der Waals surface area (Å²) in [5.41, 5.74) is 3.76. The zero-order valence-corrected chi connectivity index (χ0v) is 20.4. The first-order valence-corrected chi connectivity index (χ1v) is 12.1. The maximum atomic E-state index is 14.8. The Morgan fingerprint density at radius 2 is 1.89 bits per heavy atom. The van der Waals surface area contributed by atoms with E-state index in [1.54, 1.807) is 17.7 Å². The summed E-state index contributed by atoms with van der Waals surface area (Å²) in [5, 5.41) is 16.1. The lowest BCUT2D eigenvalue weighted by molar-refractivity contribution is 0.102. The lowest BCUT2D eigenvalue weighted by atomic mass is 10.1. The van der Waals surface area contributed by atoms with Crippen LogP contribution < -0.4 is 5.32 Å². The Morgan fingerprint density at radius 1 is 1.09 bits per heavy atom. The Bertz CT molecular complexity index is 1390. The molecule has 3 heterocycles. The second kappa shape index (κ2) is 9.62. The van der Waals surface area contributed by atoms with Gasteiger partial charge in [-0.05, 0) is 50.5 Å². The molecule has 2 aromatic carbocycles. The van der Waals surface area contributed by atoms with Gasteiger partial charge in [0, 0.05) is 18.7 Å². The molecule has 1 aliphatic heterocycles. The van der Waals surface area contributed by atoms with Crippen LogP contribution in [0.5, 0.6) is 0 Å². The minimum Gasteiger partial charge on any atom is -0.322 e. The van der Waals surface area contributed by atoms with Crippen molar-refractivity contribution >= 4 is 23.2 Å². The Morgan fingerprint density at radius 3 is 2.69 bits per heavy atom. The molecule has 0 saturated heterocycles. The van der Waals surface area contributed by atoms with Crippen LogP contribution in [0.3, 0.4) is 0 Å². The Balaban J connectivity index is 1.40. The van der Waals surface area contributed by atoms with Crippen LogP contribution in [-0.2, 0) is 19.5 Å². The van der Waals surface area contributed by atoms with Gasteiger partial charge in [-0.2, -0.15) is 5.10 Å². The van der Waals surface area contributed by atoms with Crippen LogP contribution in [0.2, 0.25) is 5.15 Å². The SMILES string of the molecule is Cc1ccc(Cn2nc(C)c(C(=O)Nc3ccc(F)c(-c4nnc5n4CCCCC5)c3)c2Cl)cc1. The van der Waals surface area contributed by atoms with Crippen LogP contribution in [0.15, 0.2) is 42.5 Å². The first-order valence-electron chi connectivity index (χ1n) is 11.7. The summed E-state index contributed by atoms with van der Waals surface area (Å²) < 4.78 is 18.4. The number of carbonyl (C=O) groups is 1. The van der Waals surface area contributed by atoms with Gasteiger partial charge < -0.3 is 9.88 Å². The molecule has 2 aromatic heterocycles. The fourth-order valence-corrected chi connectivity index (χ4v) is 4.75. The smallest absolute Gasteiger partial charge is 0.260 e. The molecule has 0 atom stereocenters. The van der Waals surface area contributed by atoms with E-state index in [2.05, 4.69) is 20.6 Å². The van der Waals surface area contributed by atoms with E-state index in [1.807, 2.05) is 35.8 Å². The average Bonchev–Trinajstić information content (AvgIpc) is 3.25. The average molecular weight is 493 g/mol. The van der Waals surface area contributed by atoms with Gasteiger partial charge in [0.15, 0.2) is 5.82 Å². The second-order valence-electron chi connectivity index (χ2n) is 8.95. The van der Waals surface area contributed by atoms with E-state index in [1.165, 1.54) is 12.1 Å². The van der Waals surface area contributed by atoms with E-state index in [-0.39, 0.29) is 5.15 Å². The summed E-state index contributed by atoms with van der Waals surface area (Å²) >= 11 is 6.56. The molecule has 1 aliphatic rings. The molecular formula is C26H26ClFN6O. The normalized spacial score (nSPS) is 13.4. The molecular weight excluding hydrogens is 467 g/mol. The van der Waals surface area contributed by atoms with Gasteiger partial charge in [-0.15, -0.1) is 10.2 Å². The molecule has 0 radical (unpaired) electrons. The molecule has 0 spiro atoms. The predicted molar refractivity (Wildman–Crippen MR) is 133 cm³/mol. The molecule has 9 heteroatoms. The number of fused-ring (bicyclic) bond motifs is 1. The number of anilines is 1. The van der Waals surface area contributed by atoms with Crippen molar-refractivity contribution in [1.82, 2.24) is 24.5 Å². The predicted octanol–water partition coefficient (Wildman–Crippen LogP) is 5.58. The maximum absolute atomic E-state index is 14.8. The van der Waals surface area contributed by atoms with E-state index in [4.69, 9.17) is 11.6 Å². The molecule has 5 rings (SSSR count). The summed E-state index contributed by atoms with van der Waals surface area (Å²) in [6, 6.07) is 12.5. The number of nitrogens with one attached hydrogen (secondary N) is 1. The number of hydrogen-bond donors (Lipinski definition) is 1. The van der Waals surface area contributed by atoms with Crippen molar-refractivity contribution in [3.8, 4) is 11.4 Å². The number of aromatic nitrogens is 5. The summed E-state index contributed by atoms with van der Waals surface area (Å²) in [5.74, 6) is 0.535. The van der Waals surface area contributed by atoms with Gasteiger partial charge in [0.2, 0.25) is 0 Å². The Labute approximate surface area is 207 Å². The van der Waals surface area contributed by atoms with Gasteiger partial charge in [-0.3, -0.25) is 4.79 Å². The number of rotatable bonds is 5. The molecule has 4 aromatic rings. The molecule has 0 bridgehead atoms. The van der Waals surface area contributed by atoms with Gasteiger partial charge in [0.05, 0.1) is 23.4 Å². The molecule has 1 N–H and O–H groups in total. The Hall–Kier alpha value is -3.52. The van der Waals surface area contributed by atoms with Crippen molar-refractivity contribution in [3.63, 3.8) is 0 Å². The van der Waals surface area contributed by atoms with Crippen LogP contribution in [0.1, 0.15) is 52.3 Å². The lowest BCUT2D eigenvalue weighted by Gasteiger charge is -2.11. The molecule has 35 heavy (non-hydrogen) atoms. The van der Waals surface area contributed by atoms with E-state index in [0.717, 1.165) is 49.2 Å². The standard InChI is InChI=1S/C26H26ClFN6O/c1-16-7-9-18(10-8-16)15-34-24(27)23(17(2)32-34)26(35)29-19-11-12-21(28)20(14-19)25-31-30-22-6-4-3-5-13-33(22)25/h7-12,14H,3-6,13,15H2,1-2H3,(H,29,35). The molecule has 1 amide bonds. The van der Waals surface area contributed by atoms with Crippen molar-refractivity contribution in [2.24, 2.45) is 0 Å². The first-order chi connectivity index (χ1) is 16.9. The third kappa shape index (κ3) is 4.71. The van der Waals surface area contributed by atoms with Crippen LogP contribution in [-0.4, -0.2) is 30.5 Å². The van der Waals surface area contributed by atoms with Crippen molar-refractivity contribution in [1.29, 1.82) is 0 Å². The van der Waals surface area contributed by atoms with Crippen molar-refractivity contribution in [2.45, 2.75) is 52.6 Å². The number of hydrogen-bond acceptors (Lipinski definition) is 4. The largest absolute Gasteiger partial charge is 0.322 e. The number of halogens is 2. The third-order valence-electron chi connectivity index (χ3n) is 6.32. The minimum absolute atomic E-state index is 0.255. The highest BCUT2D eigenvalue weighted by Gasteiger charge is 2.22. The number of nitrogens with zero attached hydrogens (tertiary/aromatic N) is 5. The summed E-state index contributed by atoms with van der Waals surface area (Å²) in [4.78, 5) is 13.2. The van der Waals surface area contributed by atoms with Gasteiger partial charge in [-0.1, -0.05) is 47.9 Å². The number of carbonyl (C=O) groups excluding carboxylic acids is 1. The summed E-state index contributed by atoms with van der Waals surface area (Å²) in [7, 11) is 0. The van der Waals surface area contributed by atoms with Crippen LogP contribution >= 0.6 is 11.6 Å². The van der Waals surface area contributed by atoms with E-state index in [0.29, 0.717) is 34.9 Å². The zero-order chi connectivity index (χ0) is 24.5. The zero-order valence-electron chi connectivity index (χ0n) is 19.7. The third-order valence-corrected chi connectivity index (χ3v) is 6.70. The highest BCUT2D eigenvalue weighted by atomic mass is 35.5. The van der Waals surface area contributed by atoms with Gasteiger partial charge in [-0.25, -0.2) is 9.07 Å². The fourth-order valence-electron chi connectivity index (χ4n) is 4.43. The second-order valence-corrected chi connectivity index (χ2v) is 9.30. The minimum atomic E-state index is -0.414. The van der Waals surface area contributed by atoms with Crippen LogP contribution in [0.25, 0.3) is 11.4 Å². The van der Waals surface area contributed by atoms with E-state index < -0.39 is 11.7 Å². The fraction of sp³-hybridized carbons (Fsp3) is 0.308. The molecule has 0 unspecified atom stereocenters. The summed E-state index contributed by atoms with van der Waals surface area (Å²) in [6.45, 7) is 4.97. The molecule has 0 aliphatic carbocycles. The van der Waals surface area contributed by atoms with Crippen molar-refractivity contribution in [3.05, 3.63) is 81.6 Å². The molecule has 180 valence electrons. The lowest BCUT2D eigenvalue weighted by Crippen LogP contribution is -2.13. The maximum Gasteiger partial charge on any atom is 0.260 e. The monoisotopic (exact) mass is 492 g/mol. The number of benzene rings is 2. The topological polar surface area (TPSA) is 77.6 Å². The van der Waals surface area contributed by atoms with Gasteiger partial charge in [0.1, 0.15) is 16.8 Å². The quantitative estimate of drug-likeness (QED) is 0.394. The molecule has 7 nitrogen and oxygen atoms in total. The van der Waals surface area contributed by atoms with Crippen LogP contribution in [0, 0.1) is 19.7 Å². The van der Waals surface area contributed by atoms with Gasteiger partial charge in [0.25, 0.3) is 5.91 Å². The van der Waals surface area contributed by atoms with Crippen LogP contribution in [0.4, 0.5) is 10.1 Å². The Kier molecular flexibility index (Phi) is 6.38. The number of amides is 1. The highest BCUT2D eigenvalue weighted by molar-refractivity contribution is 6.33. The van der Waals surface area contributed by atoms with Crippen molar-refractivity contribution in [2.75, 3.05) is 5.32 Å².